The van der Waals surface area contributed by atoms with Gasteiger partial charge in [0.1, 0.15) is 12.4 Å². The fourth-order valence-electron chi connectivity index (χ4n) is 2.61. The normalized spacial score (nSPS) is 17.1. The molecular formula is C17H14F3NO2. The minimum absolute atomic E-state index is 0.233. The molecule has 120 valence electrons. The molecule has 0 saturated carbocycles. The zero-order valence-corrected chi connectivity index (χ0v) is 12.1. The van der Waals surface area contributed by atoms with Crippen LogP contribution in [0.5, 0.6) is 5.75 Å². The van der Waals surface area contributed by atoms with Gasteiger partial charge in [-0.3, -0.25) is 4.79 Å². The molecule has 1 aliphatic heterocycles. The van der Waals surface area contributed by atoms with Crippen molar-refractivity contribution >= 4 is 5.91 Å². The van der Waals surface area contributed by atoms with E-state index in [1.165, 1.54) is 18.2 Å². The summed E-state index contributed by atoms with van der Waals surface area (Å²) in [6.07, 6.45) is -4.04. The molecule has 23 heavy (non-hydrogen) atoms. The SMILES string of the molecule is O=C(NC1COc2ccccc2C1)c1ccccc1C(F)(F)F. The van der Waals surface area contributed by atoms with Gasteiger partial charge in [-0.25, -0.2) is 0 Å². The van der Waals surface area contributed by atoms with Gasteiger partial charge in [0.15, 0.2) is 0 Å². The Balaban J connectivity index is 1.76. The molecule has 3 rings (SSSR count). The predicted molar refractivity (Wildman–Crippen MR) is 78.3 cm³/mol. The standard InChI is InChI=1S/C17H14F3NO2/c18-17(19,20)14-7-3-2-6-13(14)16(22)21-12-9-11-5-1-4-8-15(11)23-10-12/h1-8,12H,9-10H2,(H,21,22). The number of carbonyl (C=O) groups is 1. The van der Waals surface area contributed by atoms with Crippen LogP contribution in [0.3, 0.4) is 0 Å². The third-order valence-corrected chi connectivity index (χ3v) is 3.69. The van der Waals surface area contributed by atoms with E-state index >= 15 is 0 Å². The van der Waals surface area contributed by atoms with Crippen LogP contribution in [0, 0.1) is 0 Å². The summed E-state index contributed by atoms with van der Waals surface area (Å²) in [6.45, 7) is 0.233. The van der Waals surface area contributed by atoms with Gasteiger partial charge in [-0.15, -0.1) is 0 Å². The van der Waals surface area contributed by atoms with Gasteiger partial charge in [-0.2, -0.15) is 13.2 Å². The Bertz CT molecular complexity index is 728. The van der Waals surface area contributed by atoms with Crippen LogP contribution in [0.15, 0.2) is 48.5 Å². The van der Waals surface area contributed by atoms with Gasteiger partial charge in [0.05, 0.1) is 17.2 Å². The first kappa shape index (κ1) is 15.4. The van der Waals surface area contributed by atoms with Gasteiger partial charge in [0.25, 0.3) is 5.91 Å². The molecule has 3 nitrogen and oxygen atoms in total. The topological polar surface area (TPSA) is 38.3 Å². The summed E-state index contributed by atoms with van der Waals surface area (Å²) >= 11 is 0. The van der Waals surface area contributed by atoms with Crippen LogP contribution in [0.25, 0.3) is 0 Å². The van der Waals surface area contributed by atoms with Crippen LogP contribution in [0.4, 0.5) is 13.2 Å². The Hall–Kier alpha value is -2.50. The Morgan fingerprint density at radius 3 is 2.57 bits per heavy atom. The van der Waals surface area contributed by atoms with Gasteiger partial charge >= 0.3 is 6.18 Å². The van der Waals surface area contributed by atoms with Crippen molar-refractivity contribution in [3.63, 3.8) is 0 Å². The van der Waals surface area contributed by atoms with E-state index in [2.05, 4.69) is 5.32 Å². The second-order valence-electron chi connectivity index (χ2n) is 5.34. The molecular weight excluding hydrogens is 307 g/mol. The average molecular weight is 321 g/mol. The number of alkyl halides is 3. The fourth-order valence-corrected chi connectivity index (χ4v) is 2.61. The zero-order chi connectivity index (χ0) is 16.4. The van der Waals surface area contributed by atoms with E-state index < -0.39 is 17.6 Å². The summed E-state index contributed by atoms with van der Waals surface area (Å²) in [5.74, 6) is -0.000373. The zero-order valence-electron chi connectivity index (χ0n) is 12.1. The molecule has 1 amide bonds. The molecule has 0 aliphatic carbocycles. The second-order valence-corrected chi connectivity index (χ2v) is 5.34. The average Bonchev–Trinajstić information content (AvgIpc) is 2.54. The van der Waals surface area contributed by atoms with E-state index in [0.717, 1.165) is 17.4 Å². The Kier molecular flexibility index (Phi) is 3.98. The molecule has 0 bridgehead atoms. The van der Waals surface area contributed by atoms with E-state index in [0.29, 0.717) is 6.42 Å². The maximum absolute atomic E-state index is 13.0. The Morgan fingerprint density at radius 1 is 1.09 bits per heavy atom. The first-order valence-electron chi connectivity index (χ1n) is 7.13. The molecule has 6 heteroatoms. The van der Waals surface area contributed by atoms with Crippen LogP contribution in [0.2, 0.25) is 0 Å². The maximum atomic E-state index is 13.0. The van der Waals surface area contributed by atoms with Crippen molar-refractivity contribution in [1.82, 2.24) is 5.32 Å². The molecule has 0 radical (unpaired) electrons. The van der Waals surface area contributed by atoms with E-state index in [1.807, 2.05) is 24.3 Å². The summed E-state index contributed by atoms with van der Waals surface area (Å²) < 4.78 is 44.5. The van der Waals surface area contributed by atoms with Crippen molar-refractivity contribution in [2.75, 3.05) is 6.61 Å². The van der Waals surface area contributed by atoms with E-state index in [4.69, 9.17) is 4.74 Å². The number of hydrogen-bond acceptors (Lipinski definition) is 2. The van der Waals surface area contributed by atoms with Crippen LogP contribution < -0.4 is 10.1 Å². The lowest BCUT2D eigenvalue weighted by atomic mass is 10.0. The van der Waals surface area contributed by atoms with Crippen molar-refractivity contribution in [2.45, 2.75) is 18.6 Å². The highest BCUT2D eigenvalue weighted by atomic mass is 19.4. The first-order chi connectivity index (χ1) is 10.9. The Labute approximate surface area is 131 Å². The monoisotopic (exact) mass is 321 g/mol. The summed E-state index contributed by atoms with van der Waals surface area (Å²) in [5.41, 5.74) is -0.387. The Morgan fingerprint density at radius 2 is 1.78 bits per heavy atom. The number of para-hydroxylation sites is 1. The van der Waals surface area contributed by atoms with E-state index in [9.17, 15) is 18.0 Å². The van der Waals surface area contributed by atoms with E-state index in [1.54, 1.807) is 0 Å². The molecule has 2 aromatic rings. The third-order valence-electron chi connectivity index (χ3n) is 3.69. The minimum Gasteiger partial charge on any atom is -0.491 e. The summed E-state index contributed by atoms with van der Waals surface area (Å²) in [7, 11) is 0. The number of halogens is 3. The van der Waals surface area contributed by atoms with Gasteiger partial charge < -0.3 is 10.1 Å². The number of hydrogen-bond donors (Lipinski definition) is 1. The predicted octanol–water partition coefficient (Wildman–Crippen LogP) is 3.44. The highest BCUT2D eigenvalue weighted by molar-refractivity contribution is 5.96. The number of amides is 1. The summed E-state index contributed by atoms with van der Waals surface area (Å²) in [4.78, 5) is 12.2. The van der Waals surface area contributed by atoms with Crippen molar-refractivity contribution in [2.24, 2.45) is 0 Å². The highest BCUT2D eigenvalue weighted by Crippen LogP contribution is 2.32. The molecule has 0 aromatic heterocycles. The lowest BCUT2D eigenvalue weighted by Crippen LogP contribution is -2.43. The second kappa shape index (κ2) is 5.95. The highest BCUT2D eigenvalue weighted by Gasteiger charge is 2.35. The fraction of sp³-hybridized carbons (Fsp3) is 0.235. The summed E-state index contributed by atoms with van der Waals surface area (Å²) in [5, 5.41) is 2.62. The minimum atomic E-state index is -4.57. The molecule has 0 saturated heterocycles. The third kappa shape index (κ3) is 3.31. The van der Waals surface area contributed by atoms with Crippen LogP contribution in [0.1, 0.15) is 21.5 Å². The number of benzene rings is 2. The largest absolute Gasteiger partial charge is 0.491 e. The van der Waals surface area contributed by atoms with Gasteiger partial charge in [0, 0.05) is 0 Å². The first-order valence-corrected chi connectivity index (χ1v) is 7.13. The number of rotatable bonds is 2. The van der Waals surface area contributed by atoms with Crippen LogP contribution in [-0.4, -0.2) is 18.6 Å². The van der Waals surface area contributed by atoms with Crippen LogP contribution in [-0.2, 0) is 12.6 Å². The van der Waals surface area contributed by atoms with Gasteiger partial charge in [-0.1, -0.05) is 30.3 Å². The van der Waals surface area contributed by atoms with Crippen molar-refractivity contribution in [3.05, 3.63) is 65.2 Å². The maximum Gasteiger partial charge on any atom is 0.417 e. The number of carbonyl (C=O) groups excluding carboxylic acids is 1. The van der Waals surface area contributed by atoms with Gasteiger partial charge in [0.2, 0.25) is 0 Å². The van der Waals surface area contributed by atoms with E-state index in [-0.39, 0.29) is 18.2 Å². The lowest BCUT2D eigenvalue weighted by molar-refractivity contribution is -0.137. The van der Waals surface area contributed by atoms with Crippen molar-refractivity contribution in [1.29, 1.82) is 0 Å². The van der Waals surface area contributed by atoms with Crippen molar-refractivity contribution in [3.8, 4) is 5.75 Å². The molecule has 1 heterocycles. The molecule has 1 aliphatic rings. The van der Waals surface area contributed by atoms with Crippen LogP contribution >= 0.6 is 0 Å². The molecule has 1 N–H and O–H groups in total. The molecule has 0 spiro atoms. The molecule has 2 aromatic carbocycles. The van der Waals surface area contributed by atoms with Gasteiger partial charge in [-0.05, 0) is 30.2 Å². The quantitative estimate of drug-likeness (QED) is 0.920. The number of ether oxygens (including phenoxy) is 1. The number of nitrogens with one attached hydrogen (secondary N) is 1. The molecule has 1 unspecified atom stereocenters. The molecule has 0 fully saturated rings. The van der Waals surface area contributed by atoms with Crippen molar-refractivity contribution < 1.29 is 22.7 Å². The summed E-state index contributed by atoms with van der Waals surface area (Å²) in [6, 6.07) is 11.8. The number of fused-ring (bicyclic) bond motifs is 1. The lowest BCUT2D eigenvalue weighted by Gasteiger charge is -2.26. The smallest absolute Gasteiger partial charge is 0.417 e. The molecule has 1 atom stereocenters.